The van der Waals surface area contributed by atoms with Crippen LogP contribution in [0.4, 0.5) is 5.69 Å². The smallest absolute Gasteiger partial charge is 0.257 e. The molecule has 0 unspecified atom stereocenters. The summed E-state index contributed by atoms with van der Waals surface area (Å²) >= 11 is 3.41. The van der Waals surface area contributed by atoms with Crippen LogP contribution in [0.5, 0.6) is 11.5 Å². The van der Waals surface area contributed by atoms with E-state index in [-0.39, 0.29) is 24.5 Å². The van der Waals surface area contributed by atoms with Crippen molar-refractivity contribution in [3.05, 3.63) is 64.9 Å². The monoisotopic (exact) mass is 496 g/mol. The van der Waals surface area contributed by atoms with Crippen molar-refractivity contribution in [2.24, 2.45) is 5.92 Å². The maximum atomic E-state index is 12.9. The molecule has 0 aliphatic carbocycles. The van der Waals surface area contributed by atoms with Gasteiger partial charge < -0.3 is 19.7 Å². The third-order valence-electron chi connectivity index (χ3n) is 5.71. The lowest BCUT2D eigenvalue weighted by molar-refractivity contribution is -0.121. The van der Waals surface area contributed by atoms with E-state index in [9.17, 15) is 9.59 Å². The fourth-order valence-corrected chi connectivity index (χ4v) is 4.18. The van der Waals surface area contributed by atoms with Gasteiger partial charge in [0.15, 0.2) is 11.5 Å². The molecular weight excluding hydrogens is 476 g/mol. The maximum Gasteiger partial charge on any atom is 0.257 e. The van der Waals surface area contributed by atoms with Gasteiger partial charge in [-0.1, -0.05) is 15.9 Å². The predicted molar refractivity (Wildman–Crippen MR) is 121 cm³/mol. The molecule has 2 aliphatic heterocycles. The van der Waals surface area contributed by atoms with Gasteiger partial charge in [-0.25, -0.2) is 4.68 Å². The number of likely N-dealkylation sites (tertiary alicyclic amines) is 1. The Hall–Kier alpha value is -3.33. The topological polar surface area (TPSA) is 85.7 Å². The molecule has 1 N–H and O–H groups in total. The van der Waals surface area contributed by atoms with Crippen molar-refractivity contribution in [3.8, 4) is 17.2 Å². The van der Waals surface area contributed by atoms with E-state index in [0.29, 0.717) is 48.7 Å². The molecule has 0 atom stereocenters. The number of nitrogens with one attached hydrogen (secondary N) is 1. The number of nitrogens with zero attached hydrogens (tertiary/aromatic N) is 3. The Morgan fingerprint density at radius 2 is 1.78 bits per heavy atom. The molecule has 164 valence electrons. The van der Waals surface area contributed by atoms with Crippen molar-refractivity contribution in [1.82, 2.24) is 14.7 Å². The minimum atomic E-state index is -0.144. The highest BCUT2D eigenvalue weighted by molar-refractivity contribution is 9.10. The second-order valence-corrected chi connectivity index (χ2v) is 8.69. The number of halogens is 1. The molecular formula is C23H21BrN4O4. The molecule has 5 rings (SSSR count). The highest BCUT2D eigenvalue weighted by atomic mass is 79.9. The molecule has 3 aromatic rings. The third kappa shape index (κ3) is 4.20. The number of piperidine rings is 1. The lowest BCUT2D eigenvalue weighted by Gasteiger charge is -2.31. The molecule has 9 heteroatoms. The molecule has 3 heterocycles. The van der Waals surface area contributed by atoms with Crippen LogP contribution in [0.15, 0.2) is 59.3 Å². The summed E-state index contributed by atoms with van der Waals surface area (Å²) < 4.78 is 13.3. The summed E-state index contributed by atoms with van der Waals surface area (Å²) in [6, 6.07) is 13.1. The zero-order valence-electron chi connectivity index (χ0n) is 17.2. The molecule has 0 bridgehead atoms. The average molecular weight is 497 g/mol. The lowest BCUT2D eigenvalue weighted by Crippen LogP contribution is -2.41. The molecule has 0 radical (unpaired) electrons. The van der Waals surface area contributed by atoms with Crippen LogP contribution in [0.2, 0.25) is 0 Å². The van der Waals surface area contributed by atoms with Gasteiger partial charge in [0.1, 0.15) is 0 Å². The Kier molecular flexibility index (Phi) is 5.57. The Labute approximate surface area is 193 Å². The van der Waals surface area contributed by atoms with Crippen molar-refractivity contribution in [1.29, 1.82) is 0 Å². The van der Waals surface area contributed by atoms with Crippen LogP contribution in [-0.4, -0.2) is 46.4 Å². The molecule has 1 saturated heterocycles. The summed E-state index contributed by atoms with van der Waals surface area (Å²) in [4.78, 5) is 27.4. The first-order chi connectivity index (χ1) is 15.6. The number of hydrogen-bond donors (Lipinski definition) is 1. The Morgan fingerprint density at radius 3 is 2.56 bits per heavy atom. The summed E-state index contributed by atoms with van der Waals surface area (Å²) in [6.45, 7) is 1.25. The quantitative estimate of drug-likeness (QED) is 0.592. The van der Waals surface area contributed by atoms with Gasteiger partial charge in [-0.3, -0.25) is 9.59 Å². The highest BCUT2D eigenvalue weighted by Gasteiger charge is 2.28. The standard InChI is InChI=1S/C23H21BrN4O4/c24-17-1-4-19(5-2-17)28-13-16(12-25-28)23(30)27-9-7-15(8-10-27)22(29)26-18-3-6-20-21(11-18)32-14-31-20/h1-6,11-13,15H,7-10,14H2,(H,26,29). The number of anilines is 1. The lowest BCUT2D eigenvalue weighted by atomic mass is 9.95. The van der Waals surface area contributed by atoms with Crippen molar-refractivity contribution in [3.63, 3.8) is 0 Å². The molecule has 0 spiro atoms. The van der Waals surface area contributed by atoms with E-state index in [1.54, 1.807) is 40.2 Å². The minimum Gasteiger partial charge on any atom is -0.454 e. The zero-order valence-corrected chi connectivity index (χ0v) is 18.7. The van der Waals surface area contributed by atoms with E-state index in [1.165, 1.54) is 0 Å². The second-order valence-electron chi connectivity index (χ2n) is 7.77. The number of benzene rings is 2. The first-order valence-corrected chi connectivity index (χ1v) is 11.2. The number of rotatable bonds is 4. The second kappa shape index (κ2) is 8.66. The maximum absolute atomic E-state index is 12.9. The fraction of sp³-hybridized carbons (Fsp3) is 0.261. The van der Waals surface area contributed by atoms with E-state index >= 15 is 0 Å². The van der Waals surface area contributed by atoms with E-state index in [2.05, 4.69) is 26.3 Å². The highest BCUT2D eigenvalue weighted by Crippen LogP contribution is 2.34. The van der Waals surface area contributed by atoms with E-state index in [1.807, 2.05) is 24.3 Å². The normalized spacial score (nSPS) is 15.6. The molecule has 32 heavy (non-hydrogen) atoms. The summed E-state index contributed by atoms with van der Waals surface area (Å²) in [5.41, 5.74) is 2.10. The van der Waals surface area contributed by atoms with Crippen LogP contribution >= 0.6 is 15.9 Å². The van der Waals surface area contributed by atoms with Gasteiger partial charge in [0.05, 0.1) is 17.4 Å². The summed E-state index contributed by atoms with van der Waals surface area (Å²) in [5.74, 6) is 1.06. The van der Waals surface area contributed by atoms with E-state index in [4.69, 9.17) is 9.47 Å². The molecule has 2 amide bonds. The van der Waals surface area contributed by atoms with Gasteiger partial charge >= 0.3 is 0 Å². The fourth-order valence-electron chi connectivity index (χ4n) is 3.91. The van der Waals surface area contributed by atoms with Crippen LogP contribution in [0.1, 0.15) is 23.2 Å². The van der Waals surface area contributed by atoms with Crippen molar-refractivity contribution in [2.45, 2.75) is 12.8 Å². The minimum absolute atomic E-state index is 0.0426. The van der Waals surface area contributed by atoms with Gasteiger partial charge in [-0.15, -0.1) is 0 Å². The largest absolute Gasteiger partial charge is 0.454 e. The number of ether oxygens (including phenoxy) is 2. The first kappa shape index (κ1) is 20.6. The van der Waals surface area contributed by atoms with E-state index in [0.717, 1.165) is 10.2 Å². The van der Waals surface area contributed by atoms with Crippen LogP contribution < -0.4 is 14.8 Å². The zero-order chi connectivity index (χ0) is 22.1. The van der Waals surface area contributed by atoms with Crippen molar-refractivity contribution in [2.75, 3.05) is 25.2 Å². The molecule has 2 aliphatic rings. The summed E-state index contributed by atoms with van der Waals surface area (Å²) in [6.07, 6.45) is 4.55. The van der Waals surface area contributed by atoms with Gasteiger partial charge in [-0.05, 0) is 49.2 Å². The molecule has 0 saturated carbocycles. The van der Waals surface area contributed by atoms with Crippen molar-refractivity contribution < 1.29 is 19.1 Å². The molecule has 8 nitrogen and oxygen atoms in total. The summed E-state index contributed by atoms with van der Waals surface area (Å²) in [7, 11) is 0. The predicted octanol–water partition coefficient (Wildman–Crippen LogP) is 3.85. The number of amides is 2. The number of aromatic nitrogens is 2. The first-order valence-electron chi connectivity index (χ1n) is 10.4. The Bertz CT molecular complexity index is 1150. The third-order valence-corrected chi connectivity index (χ3v) is 6.24. The number of hydrogen-bond acceptors (Lipinski definition) is 5. The van der Waals surface area contributed by atoms with Gasteiger partial charge in [-0.2, -0.15) is 5.10 Å². The number of carbonyl (C=O) groups is 2. The number of carbonyl (C=O) groups excluding carboxylic acids is 2. The Balaban J connectivity index is 1.17. The van der Waals surface area contributed by atoms with Crippen LogP contribution in [0.25, 0.3) is 5.69 Å². The van der Waals surface area contributed by atoms with Crippen LogP contribution in [0.3, 0.4) is 0 Å². The van der Waals surface area contributed by atoms with Gasteiger partial charge in [0, 0.05) is 41.4 Å². The van der Waals surface area contributed by atoms with Crippen LogP contribution in [0, 0.1) is 5.92 Å². The van der Waals surface area contributed by atoms with Crippen LogP contribution in [-0.2, 0) is 4.79 Å². The molecule has 1 fully saturated rings. The van der Waals surface area contributed by atoms with E-state index < -0.39 is 0 Å². The molecule has 1 aromatic heterocycles. The Morgan fingerprint density at radius 1 is 1.03 bits per heavy atom. The SMILES string of the molecule is O=C(Nc1ccc2c(c1)OCO2)C1CCN(C(=O)c2cnn(-c3ccc(Br)cc3)c2)CC1. The molecule has 2 aromatic carbocycles. The average Bonchev–Trinajstić information content (AvgIpc) is 3.49. The van der Waals surface area contributed by atoms with Crippen molar-refractivity contribution >= 4 is 33.4 Å². The number of fused-ring (bicyclic) bond motifs is 1. The summed E-state index contributed by atoms with van der Waals surface area (Å²) in [5, 5.41) is 7.27. The van der Waals surface area contributed by atoms with Gasteiger partial charge in [0.25, 0.3) is 5.91 Å². The van der Waals surface area contributed by atoms with Gasteiger partial charge in [0.2, 0.25) is 12.7 Å².